The second kappa shape index (κ2) is 4.89. The molecule has 0 spiro atoms. The zero-order valence-corrected chi connectivity index (χ0v) is 8.12. The molecular formula is C9H5F4NO3. The molecule has 8 heteroatoms. The van der Waals surface area contributed by atoms with Gasteiger partial charge in [0.2, 0.25) is 0 Å². The molecule has 0 atom stereocenters. The van der Waals surface area contributed by atoms with Crippen molar-refractivity contribution >= 4 is 11.7 Å². The maximum absolute atomic E-state index is 12.1. The van der Waals surface area contributed by atoms with Gasteiger partial charge >= 0.3 is 12.1 Å². The maximum atomic E-state index is 12.1. The van der Waals surface area contributed by atoms with Crippen molar-refractivity contribution in [1.29, 1.82) is 0 Å². The number of nitrogens with zero attached hydrogens (tertiary/aromatic N) is 1. The number of carbonyl (C=O) groups excluding carboxylic acids is 1. The first-order chi connectivity index (χ1) is 7.87. The number of benzene rings is 1. The summed E-state index contributed by atoms with van der Waals surface area (Å²) in [6.45, 7) is 0. The number of alkyl halides is 3. The van der Waals surface area contributed by atoms with E-state index in [1.165, 1.54) is 0 Å². The number of nitroso groups, excluding NO2 is 1. The lowest BCUT2D eigenvalue weighted by molar-refractivity contribution is -0.127. The lowest BCUT2D eigenvalue weighted by atomic mass is 10.0. The quantitative estimate of drug-likeness (QED) is 0.612. The van der Waals surface area contributed by atoms with E-state index < -0.39 is 29.7 Å². The van der Waals surface area contributed by atoms with Crippen molar-refractivity contribution in [2.75, 3.05) is 0 Å². The van der Waals surface area contributed by atoms with Gasteiger partial charge < -0.3 is 0 Å². The Morgan fingerprint density at radius 1 is 1.35 bits per heavy atom. The van der Waals surface area contributed by atoms with E-state index in [4.69, 9.17) is 0 Å². The Balaban J connectivity index is 3.20. The molecule has 1 rings (SSSR count). The Labute approximate surface area is 92.1 Å². The molecule has 92 valence electrons. The standard InChI is InChI=1S/C9H5F4NO3/c10-9(11,12)4-5-1-2-6(14-16)3-7(5)8(15)17-13/h1-3H,4H2. The lowest BCUT2D eigenvalue weighted by Crippen LogP contribution is -2.15. The van der Waals surface area contributed by atoms with Crippen LogP contribution in [0.3, 0.4) is 0 Å². The summed E-state index contributed by atoms with van der Waals surface area (Å²) in [6.07, 6.45) is -6.00. The van der Waals surface area contributed by atoms with Gasteiger partial charge in [0.25, 0.3) is 0 Å². The van der Waals surface area contributed by atoms with Gasteiger partial charge in [-0.1, -0.05) is 6.07 Å². The normalized spacial score (nSPS) is 11.1. The van der Waals surface area contributed by atoms with Crippen LogP contribution >= 0.6 is 0 Å². The number of halogens is 4. The van der Waals surface area contributed by atoms with Crippen molar-refractivity contribution in [3.63, 3.8) is 0 Å². The number of carbonyl (C=O) groups is 1. The molecule has 0 heterocycles. The van der Waals surface area contributed by atoms with E-state index >= 15 is 0 Å². The Bertz CT molecular complexity index is 444. The Morgan fingerprint density at radius 2 is 2.00 bits per heavy atom. The monoisotopic (exact) mass is 251 g/mol. The summed E-state index contributed by atoms with van der Waals surface area (Å²) in [5, 5.41) is 2.42. The molecule has 0 fully saturated rings. The average molecular weight is 251 g/mol. The highest BCUT2D eigenvalue weighted by Gasteiger charge is 2.30. The summed E-state index contributed by atoms with van der Waals surface area (Å²) >= 11 is 0. The van der Waals surface area contributed by atoms with E-state index in [0.717, 1.165) is 18.2 Å². The summed E-state index contributed by atoms with van der Waals surface area (Å²) in [5.74, 6) is -1.60. The molecule has 1 aromatic rings. The van der Waals surface area contributed by atoms with Gasteiger partial charge in [0.15, 0.2) is 0 Å². The molecule has 4 nitrogen and oxygen atoms in total. The molecule has 0 unspecified atom stereocenters. The second-order valence-corrected chi connectivity index (χ2v) is 3.09. The van der Waals surface area contributed by atoms with Gasteiger partial charge in [-0.2, -0.15) is 13.2 Å². The molecule has 0 aliphatic carbocycles. The van der Waals surface area contributed by atoms with Crippen LogP contribution in [0.1, 0.15) is 15.9 Å². The van der Waals surface area contributed by atoms with Gasteiger partial charge in [-0.25, -0.2) is 9.74 Å². The SMILES string of the molecule is O=Nc1ccc(CC(F)(F)F)c(C(=O)OF)c1. The molecule has 0 N–H and O–H groups in total. The van der Waals surface area contributed by atoms with Crippen LogP contribution in [0.2, 0.25) is 0 Å². The molecule has 0 bridgehead atoms. The van der Waals surface area contributed by atoms with Crippen molar-refractivity contribution in [1.82, 2.24) is 0 Å². The third-order valence-electron chi connectivity index (χ3n) is 1.88. The Morgan fingerprint density at radius 3 is 2.47 bits per heavy atom. The minimum atomic E-state index is -4.57. The van der Waals surface area contributed by atoms with E-state index in [-0.39, 0.29) is 5.69 Å². The van der Waals surface area contributed by atoms with Crippen molar-refractivity contribution in [3.8, 4) is 0 Å². The predicted molar refractivity (Wildman–Crippen MR) is 48.2 cm³/mol. The van der Waals surface area contributed by atoms with Gasteiger partial charge in [0, 0.05) is 4.53 Å². The summed E-state index contributed by atoms with van der Waals surface area (Å²) in [7, 11) is 0. The first-order valence-electron chi connectivity index (χ1n) is 4.23. The van der Waals surface area contributed by atoms with Crippen LogP contribution in [-0.2, 0) is 11.4 Å². The molecule has 0 amide bonds. The summed E-state index contributed by atoms with van der Waals surface area (Å²) in [6, 6.07) is 2.59. The van der Waals surface area contributed by atoms with Gasteiger partial charge in [-0.05, 0) is 22.9 Å². The fourth-order valence-corrected chi connectivity index (χ4v) is 1.22. The second-order valence-electron chi connectivity index (χ2n) is 3.09. The van der Waals surface area contributed by atoms with Crippen LogP contribution in [0.5, 0.6) is 0 Å². The van der Waals surface area contributed by atoms with Gasteiger partial charge in [-0.3, -0.25) is 0 Å². The van der Waals surface area contributed by atoms with E-state index in [9.17, 15) is 27.4 Å². The van der Waals surface area contributed by atoms with Crippen molar-refractivity contribution in [3.05, 3.63) is 34.2 Å². The molecular weight excluding hydrogens is 246 g/mol. The summed E-state index contributed by atoms with van der Waals surface area (Å²) < 4.78 is 48.1. The lowest BCUT2D eigenvalue weighted by Gasteiger charge is -2.09. The third-order valence-corrected chi connectivity index (χ3v) is 1.88. The average Bonchev–Trinajstić information content (AvgIpc) is 2.26. The summed E-state index contributed by atoms with van der Waals surface area (Å²) in [5.41, 5.74) is -1.47. The first kappa shape index (κ1) is 13.1. The topological polar surface area (TPSA) is 55.7 Å². The van der Waals surface area contributed by atoms with Crippen molar-refractivity contribution < 1.29 is 27.4 Å². The van der Waals surface area contributed by atoms with Crippen LogP contribution in [-0.4, -0.2) is 12.1 Å². The summed E-state index contributed by atoms with van der Waals surface area (Å²) in [4.78, 5) is 23.9. The largest absolute Gasteiger partial charge is 0.393 e. The smallest absolute Gasteiger partial charge is 0.249 e. The van der Waals surface area contributed by atoms with Crippen molar-refractivity contribution in [2.45, 2.75) is 12.6 Å². The van der Waals surface area contributed by atoms with Crippen LogP contribution in [0.15, 0.2) is 23.4 Å². The van der Waals surface area contributed by atoms with Gasteiger partial charge in [-0.15, -0.1) is 4.91 Å². The Kier molecular flexibility index (Phi) is 3.77. The third kappa shape index (κ3) is 3.51. The zero-order valence-electron chi connectivity index (χ0n) is 8.12. The highest BCUT2D eigenvalue weighted by atomic mass is 19.4. The Hall–Kier alpha value is -1.99. The van der Waals surface area contributed by atoms with Gasteiger partial charge in [0.1, 0.15) is 5.69 Å². The van der Waals surface area contributed by atoms with Crippen LogP contribution in [0.25, 0.3) is 0 Å². The van der Waals surface area contributed by atoms with E-state index in [1.54, 1.807) is 0 Å². The molecule has 0 radical (unpaired) electrons. The van der Waals surface area contributed by atoms with Crippen LogP contribution in [0, 0.1) is 4.91 Å². The molecule has 0 aromatic heterocycles. The van der Waals surface area contributed by atoms with Crippen molar-refractivity contribution in [2.24, 2.45) is 5.18 Å². The zero-order chi connectivity index (χ0) is 13.1. The molecule has 0 saturated carbocycles. The van der Waals surface area contributed by atoms with E-state index in [1.807, 2.05) is 0 Å². The molecule has 0 aliphatic heterocycles. The van der Waals surface area contributed by atoms with Gasteiger partial charge in [0.05, 0.1) is 12.0 Å². The highest BCUT2D eigenvalue weighted by molar-refractivity contribution is 5.91. The molecule has 0 saturated heterocycles. The maximum Gasteiger partial charge on any atom is 0.393 e. The fraction of sp³-hybridized carbons (Fsp3) is 0.222. The number of hydrogen-bond acceptors (Lipinski definition) is 4. The minimum Gasteiger partial charge on any atom is -0.249 e. The number of rotatable bonds is 3. The minimum absolute atomic E-state index is 0.295. The first-order valence-corrected chi connectivity index (χ1v) is 4.23. The van der Waals surface area contributed by atoms with Crippen LogP contribution < -0.4 is 0 Å². The van der Waals surface area contributed by atoms with E-state index in [0.29, 0.717) is 0 Å². The molecule has 17 heavy (non-hydrogen) atoms. The predicted octanol–water partition coefficient (Wildman–Crippen LogP) is 3.23. The number of hydrogen-bond donors (Lipinski definition) is 0. The van der Waals surface area contributed by atoms with E-state index in [2.05, 4.69) is 10.1 Å². The van der Waals surface area contributed by atoms with Crippen LogP contribution in [0.4, 0.5) is 23.4 Å². The molecule has 1 aromatic carbocycles. The highest BCUT2D eigenvalue weighted by Crippen LogP contribution is 2.26. The molecule has 0 aliphatic rings. The fourth-order valence-electron chi connectivity index (χ4n) is 1.22.